The van der Waals surface area contributed by atoms with Crippen molar-refractivity contribution in [3.63, 3.8) is 0 Å². The molecule has 0 radical (unpaired) electrons. The highest BCUT2D eigenvalue weighted by Gasteiger charge is 2.13. The molecule has 0 fully saturated rings. The smallest absolute Gasteiger partial charge is 0.224 e. The maximum absolute atomic E-state index is 12.3. The van der Waals surface area contributed by atoms with Crippen LogP contribution in [0.3, 0.4) is 0 Å². The maximum atomic E-state index is 12.3. The van der Waals surface area contributed by atoms with Gasteiger partial charge in [-0.25, -0.2) is 0 Å². The van der Waals surface area contributed by atoms with Crippen LogP contribution in [-0.2, 0) is 11.2 Å². The van der Waals surface area contributed by atoms with E-state index in [1.165, 1.54) is 5.56 Å². The summed E-state index contributed by atoms with van der Waals surface area (Å²) in [7, 11) is 0. The highest BCUT2D eigenvalue weighted by molar-refractivity contribution is 5.88. The highest BCUT2D eigenvalue weighted by atomic mass is 16.1. The minimum absolute atomic E-state index is 0.0129. The van der Waals surface area contributed by atoms with Gasteiger partial charge in [0.2, 0.25) is 5.91 Å². The van der Waals surface area contributed by atoms with Crippen LogP contribution in [0.25, 0.3) is 10.9 Å². The predicted molar refractivity (Wildman–Crippen MR) is 89.7 cm³/mol. The van der Waals surface area contributed by atoms with E-state index in [2.05, 4.69) is 29.4 Å². The quantitative estimate of drug-likeness (QED) is 0.752. The lowest BCUT2D eigenvalue weighted by Gasteiger charge is -2.16. The average molecular weight is 292 g/mol. The summed E-state index contributed by atoms with van der Waals surface area (Å²) < 4.78 is 0. The number of aromatic nitrogens is 1. The molecule has 1 aromatic heterocycles. The summed E-state index contributed by atoms with van der Waals surface area (Å²) in [5.41, 5.74) is 4.46. The second-order valence-corrected chi connectivity index (χ2v) is 5.68. The van der Waals surface area contributed by atoms with E-state index in [1.807, 2.05) is 49.5 Å². The molecule has 1 unspecified atom stereocenters. The summed E-state index contributed by atoms with van der Waals surface area (Å²) in [5.74, 6) is 0.0421. The molecule has 3 heteroatoms. The van der Waals surface area contributed by atoms with Gasteiger partial charge in [-0.05, 0) is 36.6 Å². The van der Waals surface area contributed by atoms with Gasteiger partial charge >= 0.3 is 0 Å². The summed E-state index contributed by atoms with van der Waals surface area (Å²) in [6.07, 6.45) is 2.31. The molecule has 0 aliphatic rings. The van der Waals surface area contributed by atoms with Crippen LogP contribution in [0.4, 0.5) is 0 Å². The number of para-hydroxylation sites is 1. The van der Waals surface area contributed by atoms with E-state index in [-0.39, 0.29) is 11.9 Å². The fraction of sp³-hybridized carbons (Fsp3) is 0.211. The number of H-pyrrole nitrogens is 1. The van der Waals surface area contributed by atoms with Crippen molar-refractivity contribution >= 4 is 16.8 Å². The number of hydrogen-bond donors (Lipinski definition) is 2. The van der Waals surface area contributed by atoms with Crippen LogP contribution in [0.2, 0.25) is 0 Å². The predicted octanol–water partition coefficient (Wildman–Crippen LogP) is 3.90. The third-order valence-electron chi connectivity index (χ3n) is 4.06. The average Bonchev–Trinajstić information content (AvgIpc) is 2.91. The number of fused-ring (bicyclic) bond motifs is 1. The summed E-state index contributed by atoms with van der Waals surface area (Å²) >= 11 is 0. The molecule has 1 heterocycles. The number of aryl methyl sites for hydroxylation is 1. The normalized spacial score (nSPS) is 12.3. The minimum atomic E-state index is 0.0129. The van der Waals surface area contributed by atoms with E-state index >= 15 is 0 Å². The number of aromatic amines is 1. The molecular weight excluding hydrogens is 272 g/mol. The molecule has 0 saturated heterocycles. The number of rotatable bonds is 4. The molecule has 3 rings (SSSR count). The molecule has 0 saturated carbocycles. The standard InChI is InChI=1S/C19H20N2O/c1-13-7-3-4-8-16(13)14(2)21-19(22)11-15-12-20-18-10-6-5-9-17(15)18/h3-10,12,14,20H,11H2,1-2H3,(H,21,22). The van der Waals surface area contributed by atoms with Crippen molar-refractivity contribution < 1.29 is 4.79 Å². The maximum Gasteiger partial charge on any atom is 0.224 e. The SMILES string of the molecule is Cc1ccccc1C(C)NC(=O)Cc1c[nH]c2ccccc12. The van der Waals surface area contributed by atoms with Crippen LogP contribution in [0, 0.1) is 6.92 Å². The number of carbonyl (C=O) groups excluding carboxylic acids is 1. The van der Waals surface area contributed by atoms with Crippen molar-refractivity contribution in [2.75, 3.05) is 0 Å². The van der Waals surface area contributed by atoms with Crippen molar-refractivity contribution in [2.24, 2.45) is 0 Å². The first kappa shape index (κ1) is 14.4. The second kappa shape index (κ2) is 6.06. The Balaban J connectivity index is 1.71. The van der Waals surface area contributed by atoms with Crippen molar-refractivity contribution in [3.8, 4) is 0 Å². The van der Waals surface area contributed by atoms with E-state index in [4.69, 9.17) is 0 Å². The van der Waals surface area contributed by atoms with Crippen molar-refractivity contribution in [2.45, 2.75) is 26.3 Å². The fourth-order valence-electron chi connectivity index (χ4n) is 2.89. The Morgan fingerprint density at radius 3 is 2.68 bits per heavy atom. The van der Waals surface area contributed by atoms with Gasteiger partial charge in [-0.15, -0.1) is 0 Å². The monoisotopic (exact) mass is 292 g/mol. The van der Waals surface area contributed by atoms with Gasteiger partial charge in [-0.1, -0.05) is 42.5 Å². The van der Waals surface area contributed by atoms with Crippen LogP contribution in [0.15, 0.2) is 54.7 Å². The first-order chi connectivity index (χ1) is 10.6. The molecule has 2 N–H and O–H groups in total. The van der Waals surface area contributed by atoms with Gasteiger partial charge in [0.25, 0.3) is 0 Å². The van der Waals surface area contributed by atoms with Crippen LogP contribution in [0.5, 0.6) is 0 Å². The highest BCUT2D eigenvalue weighted by Crippen LogP contribution is 2.20. The second-order valence-electron chi connectivity index (χ2n) is 5.68. The number of benzene rings is 2. The molecule has 0 aliphatic heterocycles. The van der Waals surface area contributed by atoms with E-state index in [9.17, 15) is 4.79 Å². The molecule has 1 atom stereocenters. The van der Waals surface area contributed by atoms with Crippen LogP contribution < -0.4 is 5.32 Å². The molecule has 1 amide bonds. The zero-order valence-corrected chi connectivity index (χ0v) is 12.9. The molecular formula is C19H20N2O. The van der Waals surface area contributed by atoms with Crippen molar-refractivity contribution in [3.05, 3.63) is 71.4 Å². The summed E-state index contributed by atoms with van der Waals surface area (Å²) in [5, 5.41) is 4.20. The Bertz CT molecular complexity index is 804. The van der Waals surface area contributed by atoms with Gasteiger partial charge in [0.15, 0.2) is 0 Å². The molecule has 0 spiro atoms. The molecule has 112 valence electrons. The van der Waals surface area contributed by atoms with Crippen LogP contribution in [-0.4, -0.2) is 10.9 Å². The van der Waals surface area contributed by atoms with Gasteiger partial charge in [0, 0.05) is 17.1 Å². The number of nitrogens with one attached hydrogen (secondary N) is 2. The third kappa shape index (κ3) is 2.89. The summed E-state index contributed by atoms with van der Waals surface area (Å²) in [4.78, 5) is 15.5. The lowest BCUT2D eigenvalue weighted by Crippen LogP contribution is -2.28. The first-order valence-corrected chi connectivity index (χ1v) is 7.55. The Morgan fingerprint density at radius 2 is 1.86 bits per heavy atom. The zero-order valence-electron chi connectivity index (χ0n) is 12.9. The third-order valence-corrected chi connectivity index (χ3v) is 4.06. The number of hydrogen-bond acceptors (Lipinski definition) is 1. The van der Waals surface area contributed by atoms with Crippen molar-refractivity contribution in [1.29, 1.82) is 0 Å². The summed E-state index contributed by atoms with van der Waals surface area (Å²) in [6, 6.07) is 16.2. The van der Waals surface area contributed by atoms with Gasteiger partial charge in [0.05, 0.1) is 12.5 Å². The van der Waals surface area contributed by atoms with Crippen molar-refractivity contribution in [1.82, 2.24) is 10.3 Å². The Hall–Kier alpha value is -2.55. The molecule has 2 aromatic carbocycles. The lowest BCUT2D eigenvalue weighted by atomic mass is 10.0. The Morgan fingerprint density at radius 1 is 1.14 bits per heavy atom. The van der Waals surface area contributed by atoms with Crippen LogP contribution >= 0.6 is 0 Å². The van der Waals surface area contributed by atoms with Crippen LogP contribution in [0.1, 0.15) is 29.7 Å². The zero-order chi connectivity index (χ0) is 15.5. The fourth-order valence-corrected chi connectivity index (χ4v) is 2.89. The Labute approximate surface area is 130 Å². The molecule has 3 aromatic rings. The number of amides is 1. The minimum Gasteiger partial charge on any atom is -0.361 e. The molecule has 0 aliphatic carbocycles. The van der Waals surface area contributed by atoms with Gasteiger partial charge < -0.3 is 10.3 Å². The Kier molecular flexibility index (Phi) is 3.96. The number of carbonyl (C=O) groups is 1. The lowest BCUT2D eigenvalue weighted by molar-refractivity contribution is -0.121. The van der Waals surface area contributed by atoms with Gasteiger partial charge in [-0.2, -0.15) is 0 Å². The van der Waals surface area contributed by atoms with Gasteiger partial charge in [0.1, 0.15) is 0 Å². The topological polar surface area (TPSA) is 44.9 Å². The summed E-state index contributed by atoms with van der Waals surface area (Å²) in [6.45, 7) is 4.09. The largest absolute Gasteiger partial charge is 0.361 e. The molecule has 3 nitrogen and oxygen atoms in total. The van der Waals surface area contributed by atoms with Gasteiger partial charge in [-0.3, -0.25) is 4.79 Å². The van der Waals surface area contributed by atoms with E-state index in [0.29, 0.717) is 6.42 Å². The van der Waals surface area contributed by atoms with E-state index in [1.54, 1.807) is 0 Å². The van der Waals surface area contributed by atoms with E-state index in [0.717, 1.165) is 22.0 Å². The molecule has 0 bridgehead atoms. The molecule has 22 heavy (non-hydrogen) atoms. The first-order valence-electron chi connectivity index (χ1n) is 7.55. The van der Waals surface area contributed by atoms with E-state index < -0.39 is 0 Å².